The van der Waals surface area contributed by atoms with Crippen molar-refractivity contribution in [3.05, 3.63) is 170 Å². The number of hydrogen-bond acceptors (Lipinski definition) is 5. The minimum absolute atomic E-state index is 0.548. The van der Waals surface area contributed by atoms with Crippen LogP contribution in [0, 0.1) is 0 Å². The summed E-state index contributed by atoms with van der Waals surface area (Å²) in [5, 5.41) is 2.05. The number of pyridine rings is 1. The van der Waals surface area contributed by atoms with Gasteiger partial charge in [-0.15, -0.1) is 0 Å². The van der Waals surface area contributed by atoms with Crippen molar-refractivity contribution < 1.29 is 4.42 Å². The van der Waals surface area contributed by atoms with Gasteiger partial charge in [0.05, 0.1) is 5.69 Å². The molecule has 0 saturated heterocycles. The van der Waals surface area contributed by atoms with Crippen molar-refractivity contribution in [2.24, 2.45) is 0 Å². The number of hydrogen-bond donors (Lipinski definition) is 0. The van der Waals surface area contributed by atoms with E-state index in [2.05, 4.69) is 109 Å². The first-order valence-electron chi connectivity index (χ1n) is 16.2. The summed E-state index contributed by atoms with van der Waals surface area (Å²) >= 11 is 0. The highest BCUT2D eigenvalue weighted by Gasteiger charge is 2.20. The maximum atomic E-state index is 6.23. The van der Waals surface area contributed by atoms with Gasteiger partial charge in [0.15, 0.2) is 17.5 Å². The molecule has 49 heavy (non-hydrogen) atoms. The number of nitrogens with zero attached hydrogens (tertiary/aromatic N) is 4. The molecule has 6 aromatic carbocycles. The standard InChI is InChI=1S/C44H28N4O/c1-3-11-29(12-4-1)31-20-24-33(25-21-31)42-46-43(34-26-22-32(23-27-34)30-13-5-2-6-14-30)48-44(47-42)37-17-10-28-45-41(37)36-16-9-19-39-40(36)35-15-7-8-18-38(35)49-39/h1-28H. The van der Waals surface area contributed by atoms with E-state index in [9.17, 15) is 0 Å². The zero-order chi connectivity index (χ0) is 32.6. The van der Waals surface area contributed by atoms with E-state index in [1.165, 1.54) is 0 Å². The summed E-state index contributed by atoms with van der Waals surface area (Å²) in [5.41, 5.74) is 10.6. The van der Waals surface area contributed by atoms with Gasteiger partial charge in [0.25, 0.3) is 0 Å². The fourth-order valence-electron chi connectivity index (χ4n) is 6.41. The third-order valence-corrected chi connectivity index (χ3v) is 8.84. The minimum atomic E-state index is 0.548. The Kier molecular flexibility index (Phi) is 7.06. The summed E-state index contributed by atoms with van der Waals surface area (Å²) < 4.78 is 6.23. The Balaban J connectivity index is 1.21. The molecule has 0 aliphatic carbocycles. The molecule has 0 atom stereocenters. The van der Waals surface area contributed by atoms with Gasteiger partial charge in [-0.2, -0.15) is 0 Å². The summed E-state index contributed by atoms with van der Waals surface area (Å²) in [6.07, 6.45) is 1.81. The second kappa shape index (κ2) is 12.1. The van der Waals surface area contributed by atoms with E-state index >= 15 is 0 Å². The summed E-state index contributed by atoms with van der Waals surface area (Å²) in [6, 6.07) is 55.6. The van der Waals surface area contributed by atoms with Gasteiger partial charge in [-0.25, -0.2) is 15.0 Å². The Morgan fingerprint density at radius 3 is 1.47 bits per heavy atom. The molecule has 0 amide bonds. The Morgan fingerprint density at radius 1 is 0.347 bits per heavy atom. The van der Waals surface area contributed by atoms with Crippen molar-refractivity contribution in [1.82, 2.24) is 19.9 Å². The molecule has 9 aromatic rings. The fourth-order valence-corrected chi connectivity index (χ4v) is 6.41. The van der Waals surface area contributed by atoms with Crippen LogP contribution in [0.15, 0.2) is 174 Å². The van der Waals surface area contributed by atoms with Crippen LogP contribution in [0.1, 0.15) is 0 Å². The summed E-state index contributed by atoms with van der Waals surface area (Å²) in [7, 11) is 0. The molecular formula is C44H28N4O. The number of fused-ring (bicyclic) bond motifs is 3. The predicted molar refractivity (Wildman–Crippen MR) is 198 cm³/mol. The molecule has 9 rings (SSSR count). The highest BCUT2D eigenvalue weighted by atomic mass is 16.3. The Labute approximate surface area is 283 Å². The van der Waals surface area contributed by atoms with Crippen molar-refractivity contribution >= 4 is 21.9 Å². The quantitative estimate of drug-likeness (QED) is 0.183. The van der Waals surface area contributed by atoms with Gasteiger partial charge in [0.2, 0.25) is 0 Å². The molecule has 3 aromatic heterocycles. The van der Waals surface area contributed by atoms with Gasteiger partial charge < -0.3 is 4.42 Å². The van der Waals surface area contributed by atoms with Crippen LogP contribution in [0.25, 0.3) is 89.6 Å². The van der Waals surface area contributed by atoms with Crippen molar-refractivity contribution in [3.8, 4) is 67.7 Å². The molecule has 230 valence electrons. The first-order valence-corrected chi connectivity index (χ1v) is 16.2. The van der Waals surface area contributed by atoms with Gasteiger partial charge >= 0.3 is 0 Å². The van der Waals surface area contributed by atoms with Crippen LogP contribution in [-0.4, -0.2) is 19.9 Å². The maximum absolute atomic E-state index is 6.23. The van der Waals surface area contributed by atoms with E-state index in [0.29, 0.717) is 17.5 Å². The number of aromatic nitrogens is 4. The molecule has 0 aliphatic heterocycles. The van der Waals surface area contributed by atoms with Crippen LogP contribution in [0.5, 0.6) is 0 Å². The van der Waals surface area contributed by atoms with Crippen molar-refractivity contribution in [3.63, 3.8) is 0 Å². The van der Waals surface area contributed by atoms with E-state index in [1.807, 2.05) is 60.8 Å². The molecule has 0 unspecified atom stereocenters. The largest absolute Gasteiger partial charge is 0.456 e. The summed E-state index contributed by atoms with van der Waals surface area (Å²) in [4.78, 5) is 20.1. The number of rotatable bonds is 6. The van der Waals surface area contributed by atoms with Crippen LogP contribution in [-0.2, 0) is 0 Å². The Hall–Kier alpha value is -6.72. The van der Waals surface area contributed by atoms with Crippen molar-refractivity contribution in [2.45, 2.75) is 0 Å². The zero-order valence-corrected chi connectivity index (χ0v) is 26.4. The van der Waals surface area contributed by atoms with Crippen LogP contribution in [0.4, 0.5) is 0 Å². The highest BCUT2D eigenvalue weighted by molar-refractivity contribution is 6.13. The van der Waals surface area contributed by atoms with Crippen LogP contribution >= 0.6 is 0 Å². The van der Waals surface area contributed by atoms with Gasteiger partial charge in [-0.1, -0.05) is 140 Å². The highest BCUT2D eigenvalue weighted by Crippen LogP contribution is 2.39. The third kappa shape index (κ3) is 5.33. The van der Waals surface area contributed by atoms with Crippen molar-refractivity contribution in [2.75, 3.05) is 0 Å². The molecular weight excluding hydrogens is 601 g/mol. The van der Waals surface area contributed by atoms with Crippen LogP contribution in [0.2, 0.25) is 0 Å². The smallest absolute Gasteiger partial charge is 0.166 e. The predicted octanol–water partition coefficient (Wildman–Crippen LogP) is 11.2. The van der Waals surface area contributed by atoms with Gasteiger partial charge in [-0.3, -0.25) is 4.98 Å². The lowest BCUT2D eigenvalue weighted by molar-refractivity contribution is 0.669. The molecule has 0 spiro atoms. The number of para-hydroxylation sites is 1. The SMILES string of the molecule is c1ccc(-c2ccc(-c3nc(-c4ccc(-c5ccccc5)cc4)nc(-c4cccnc4-c4cccc5oc6ccccc6c45)n3)cc2)cc1. The van der Waals surface area contributed by atoms with Gasteiger partial charge in [-0.05, 0) is 46.5 Å². The average Bonchev–Trinajstić information content (AvgIpc) is 3.58. The third-order valence-electron chi connectivity index (χ3n) is 8.84. The molecule has 0 fully saturated rings. The first-order chi connectivity index (χ1) is 24.3. The lowest BCUT2D eigenvalue weighted by atomic mass is 9.99. The molecule has 0 N–H and O–H groups in total. The second-order valence-electron chi connectivity index (χ2n) is 11.9. The van der Waals surface area contributed by atoms with Gasteiger partial charge in [0.1, 0.15) is 11.2 Å². The Morgan fingerprint density at radius 2 is 0.837 bits per heavy atom. The molecule has 0 radical (unpaired) electrons. The van der Waals surface area contributed by atoms with Crippen LogP contribution < -0.4 is 0 Å². The van der Waals surface area contributed by atoms with E-state index < -0.39 is 0 Å². The summed E-state index contributed by atoms with van der Waals surface area (Å²) in [6.45, 7) is 0. The molecule has 0 saturated carbocycles. The van der Waals surface area contributed by atoms with E-state index in [-0.39, 0.29) is 0 Å². The fraction of sp³-hybridized carbons (Fsp3) is 0. The average molecular weight is 629 g/mol. The second-order valence-corrected chi connectivity index (χ2v) is 11.9. The first kappa shape index (κ1) is 28.5. The molecule has 5 nitrogen and oxygen atoms in total. The molecule has 3 heterocycles. The monoisotopic (exact) mass is 628 g/mol. The van der Waals surface area contributed by atoms with Gasteiger partial charge in [0, 0.05) is 39.2 Å². The normalized spacial score (nSPS) is 11.3. The molecule has 0 bridgehead atoms. The maximum Gasteiger partial charge on any atom is 0.166 e. The number of furan rings is 1. The van der Waals surface area contributed by atoms with E-state index in [1.54, 1.807) is 0 Å². The van der Waals surface area contributed by atoms with E-state index in [0.717, 1.165) is 72.1 Å². The zero-order valence-electron chi connectivity index (χ0n) is 26.4. The molecule has 5 heteroatoms. The molecule has 0 aliphatic rings. The summed E-state index contributed by atoms with van der Waals surface area (Å²) in [5.74, 6) is 1.73. The minimum Gasteiger partial charge on any atom is -0.456 e. The Bertz CT molecular complexity index is 2480. The van der Waals surface area contributed by atoms with E-state index in [4.69, 9.17) is 24.4 Å². The topological polar surface area (TPSA) is 64.7 Å². The lowest BCUT2D eigenvalue weighted by Gasteiger charge is -2.12. The van der Waals surface area contributed by atoms with Crippen molar-refractivity contribution in [1.29, 1.82) is 0 Å². The lowest BCUT2D eigenvalue weighted by Crippen LogP contribution is -2.02. The van der Waals surface area contributed by atoms with Crippen LogP contribution in [0.3, 0.4) is 0 Å². The number of benzene rings is 6.